The average molecular weight is 454 g/mol. The molecular weight excluding hydrogens is 423 g/mol. The zero-order valence-electron chi connectivity index (χ0n) is 14.3. The van der Waals surface area contributed by atoms with Crippen molar-refractivity contribution >= 4 is 47.6 Å². The third-order valence-corrected chi connectivity index (χ3v) is 5.27. The van der Waals surface area contributed by atoms with E-state index >= 15 is 0 Å². The minimum Gasteiger partial charge on any atom is -0.357 e. The molecule has 23 heavy (non-hydrogen) atoms. The van der Waals surface area contributed by atoms with Crippen molar-refractivity contribution in [2.75, 3.05) is 19.3 Å². The predicted octanol–water partition coefficient (Wildman–Crippen LogP) is 2.50. The van der Waals surface area contributed by atoms with E-state index in [1.165, 1.54) is 19.3 Å². The van der Waals surface area contributed by atoms with Crippen LogP contribution in [0.5, 0.6) is 0 Å². The lowest BCUT2D eigenvalue weighted by Crippen LogP contribution is -2.42. The van der Waals surface area contributed by atoms with Crippen LogP contribution in [-0.4, -0.2) is 48.5 Å². The van der Waals surface area contributed by atoms with Crippen molar-refractivity contribution < 1.29 is 4.79 Å². The highest BCUT2D eigenvalue weighted by atomic mass is 127. The summed E-state index contributed by atoms with van der Waals surface area (Å²) in [5, 5.41) is 10.6. The molecule has 2 rings (SSSR count). The van der Waals surface area contributed by atoms with Gasteiger partial charge in [0.1, 0.15) is 0 Å². The number of aliphatic imine (C=N–C) groups is 1. The first-order chi connectivity index (χ1) is 10.7. The minimum atomic E-state index is 0. The van der Waals surface area contributed by atoms with Crippen molar-refractivity contribution in [3.63, 3.8) is 0 Å². The van der Waals surface area contributed by atoms with Crippen LogP contribution < -0.4 is 16.0 Å². The lowest BCUT2D eigenvalue weighted by atomic mass is 10.2. The van der Waals surface area contributed by atoms with Gasteiger partial charge < -0.3 is 16.0 Å². The monoisotopic (exact) mass is 454 g/mol. The van der Waals surface area contributed by atoms with E-state index in [-0.39, 0.29) is 29.9 Å². The Morgan fingerprint density at radius 2 is 1.91 bits per heavy atom. The van der Waals surface area contributed by atoms with Gasteiger partial charge in [-0.1, -0.05) is 0 Å². The fraction of sp³-hybridized carbons (Fsp3) is 0.875. The highest BCUT2D eigenvalue weighted by molar-refractivity contribution is 14.0. The fourth-order valence-electron chi connectivity index (χ4n) is 2.76. The van der Waals surface area contributed by atoms with Gasteiger partial charge in [-0.05, 0) is 51.7 Å². The van der Waals surface area contributed by atoms with Crippen LogP contribution in [0.2, 0.25) is 0 Å². The molecule has 2 unspecified atom stereocenters. The third-order valence-electron chi connectivity index (χ3n) is 4.18. The van der Waals surface area contributed by atoms with E-state index in [1.807, 2.05) is 11.8 Å². The summed E-state index contributed by atoms with van der Waals surface area (Å²) < 4.78 is 0. The molecule has 2 saturated carbocycles. The number of rotatable bonds is 8. The van der Waals surface area contributed by atoms with Crippen LogP contribution in [0.4, 0.5) is 0 Å². The second kappa shape index (κ2) is 11.4. The molecule has 2 aliphatic carbocycles. The third kappa shape index (κ3) is 8.47. The standard InChI is InChI=1S/C16H30N4OS.HI/c1-3-17-16(20-13-8-9-14(11-13)22-2)18-10-4-5-15(21)19-12-6-7-12;/h12-14H,3-11H2,1-2H3,(H,19,21)(H2,17,18,20);1H. The molecule has 2 fully saturated rings. The number of thioether (sulfide) groups is 1. The van der Waals surface area contributed by atoms with Crippen LogP contribution in [0.1, 0.15) is 51.9 Å². The number of halogens is 1. The van der Waals surface area contributed by atoms with Gasteiger partial charge in [0.05, 0.1) is 0 Å². The minimum absolute atomic E-state index is 0. The van der Waals surface area contributed by atoms with Crippen molar-refractivity contribution in [1.29, 1.82) is 0 Å². The number of hydrogen-bond acceptors (Lipinski definition) is 3. The average Bonchev–Trinajstić information content (AvgIpc) is 3.19. The van der Waals surface area contributed by atoms with Crippen LogP contribution >= 0.6 is 35.7 Å². The fourth-order valence-corrected chi connectivity index (χ4v) is 3.55. The first kappa shape index (κ1) is 20.9. The van der Waals surface area contributed by atoms with Crippen molar-refractivity contribution in [2.24, 2.45) is 4.99 Å². The Hall–Kier alpha value is -0.180. The molecule has 7 heteroatoms. The SMILES string of the molecule is CCNC(=NCCCC(=O)NC1CC1)NC1CCC(SC)C1.I. The highest BCUT2D eigenvalue weighted by Gasteiger charge is 2.24. The summed E-state index contributed by atoms with van der Waals surface area (Å²) in [6.45, 7) is 3.65. The van der Waals surface area contributed by atoms with Gasteiger partial charge in [0.25, 0.3) is 0 Å². The Labute approximate surface area is 161 Å². The Kier molecular flexibility index (Phi) is 10.3. The molecule has 0 aromatic heterocycles. The molecule has 0 aromatic rings. The first-order valence-electron chi connectivity index (χ1n) is 8.58. The van der Waals surface area contributed by atoms with E-state index in [2.05, 4.69) is 34.1 Å². The van der Waals surface area contributed by atoms with Gasteiger partial charge in [-0.15, -0.1) is 24.0 Å². The number of hydrogen-bond donors (Lipinski definition) is 3. The quantitative estimate of drug-likeness (QED) is 0.228. The van der Waals surface area contributed by atoms with E-state index in [1.54, 1.807) is 0 Å². The summed E-state index contributed by atoms with van der Waals surface area (Å²) in [4.78, 5) is 16.2. The molecule has 0 aromatic carbocycles. The Morgan fingerprint density at radius 1 is 1.17 bits per heavy atom. The lowest BCUT2D eigenvalue weighted by molar-refractivity contribution is -0.121. The van der Waals surface area contributed by atoms with Gasteiger partial charge in [-0.3, -0.25) is 9.79 Å². The maximum absolute atomic E-state index is 11.6. The number of guanidine groups is 1. The molecule has 0 aliphatic heterocycles. The van der Waals surface area contributed by atoms with E-state index < -0.39 is 0 Å². The molecule has 2 atom stereocenters. The van der Waals surface area contributed by atoms with Gasteiger partial charge in [-0.25, -0.2) is 0 Å². The molecule has 0 heterocycles. The number of nitrogens with zero attached hydrogens (tertiary/aromatic N) is 1. The van der Waals surface area contributed by atoms with Gasteiger partial charge >= 0.3 is 0 Å². The number of amides is 1. The zero-order valence-corrected chi connectivity index (χ0v) is 17.4. The molecule has 5 nitrogen and oxygen atoms in total. The van der Waals surface area contributed by atoms with Crippen LogP contribution in [0.3, 0.4) is 0 Å². The first-order valence-corrected chi connectivity index (χ1v) is 9.87. The molecule has 1 amide bonds. The predicted molar refractivity (Wildman–Crippen MR) is 110 cm³/mol. The van der Waals surface area contributed by atoms with E-state index in [9.17, 15) is 4.79 Å². The van der Waals surface area contributed by atoms with Gasteiger partial charge in [-0.2, -0.15) is 11.8 Å². The molecule has 3 N–H and O–H groups in total. The smallest absolute Gasteiger partial charge is 0.220 e. The molecule has 0 spiro atoms. The summed E-state index contributed by atoms with van der Waals surface area (Å²) in [5.74, 6) is 1.08. The van der Waals surface area contributed by atoms with E-state index in [4.69, 9.17) is 0 Å². The van der Waals surface area contributed by atoms with Crippen LogP contribution in [0.25, 0.3) is 0 Å². The summed E-state index contributed by atoms with van der Waals surface area (Å²) in [5.41, 5.74) is 0. The van der Waals surface area contributed by atoms with Crippen molar-refractivity contribution in [3.8, 4) is 0 Å². The summed E-state index contributed by atoms with van der Waals surface area (Å²) in [6.07, 6.45) is 9.62. The summed E-state index contributed by atoms with van der Waals surface area (Å²) in [6, 6.07) is 0.996. The second-order valence-corrected chi connectivity index (χ2v) is 7.36. The van der Waals surface area contributed by atoms with Gasteiger partial charge in [0, 0.05) is 36.8 Å². The number of nitrogens with one attached hydrogen (secondary N) is 3. The second-order valence-electron chi connectivity index (χ2n) is 6.22. The topological polar surface area (TPSA) is 65.5 Å². The lowest BCUT2D eigenvalue weighted by Gasteiger charge is -2.17. The summed E-state index contributed by atoms with van der Waals surface area (Å²) >= 11 is 1.97. The van der Waals surface area contributed by atoms with Gasteiger partial charge in [0.2, 0.25) is 5.91 Å². The van der Waals surface area contributed by atoms with Crippen molar-refractivity contribution in [3.05, 3.63) is 0 Å². The van der Waals surface area contributed by atoms with Crippen LogP contribution in [-0.2, 0) is 4.79 Å². The van der Waals surface area contributed by atoms with Crippen molar-refractivity contribution in [1.82, 2.24) is 16.0 Å². The number of carbonyl (C=O) groups is 1. The molecule has 0 radical (unpaired) electrons. The molecule has 0 saturated heterocycles. The van der Waals surface area contributed by atoms with E-state index in [0.717, 1.165) is 37.0 Å². The normalized spacial score (nSPS) is 24.0. The summed E-state index contributed by atoms with van der Waals surface area (Å²) in [7, 11) is 0. The maximum Gasteiger partial charge on any atom is 0.220 e. The van der Waals surface area contributed by atoms with Crippen LogP contribution in [0, 0.1) is 0 Å². The molecular formula is C16H31IN4OS. The molecule has 2 aliphatic rings. The van der Waals surface area contributed by atoms with Crippen molar-refractivity contribution in [2.45, 2.75) is 69.2 Å². The Bertz CT molecular complexity index is 390. The Morgan fingerprint density at radius 3 is 2.52 bits per heavy atom. The number of carbonyl (C=O) groups excluding carboxylic acids is 1. The maximum atomic E-state index is 11.6. The van der Waals surface area contributed by atoms with E-state index in [0.29, 0.717) is 25.0 Å². The largest absolute Gasteiger partial charge is 0.357 e. The van der Waals surface area contributed by atoms with Gasteiger partial charge in [0.15, 0.2) is 5.96 Å². The molecule has 134 valence electrons. The Balaban J connectivity index is 0.00000264. The van der Waals surface area contributed by atoms with Crippen LogP contribution in [0.15, 0.2) is 4.99 Å². The molecule has 0 bridgehead atoms. The highest BCUT2D eigenvalue weighted by Crippen LogP contribution is 2.28. The zero-order chi connectivity index (χ0) is 15.8.